The molecule has 90 valence electrons. The summed E-state index contributed by atoms with van der Waals surface area (Å²) in [5, 5.41) is 2.18. The molecule has 0 aliphatic heterocycles. The van der Waals surface area contributed by atoms with Gasteiger partial charge in [-0.1, -0.05) is 13.8 Å². The van der Waals surface area contributed by atoms with E-state index < -0.39 is 13.0 Å². The number of amides is 1. The monoisotopic (exact) mass is 222 g/mol. The highest BCUT2D eigenvalue weighted by atomic mass is 19.3. The van der Waals surface area contributed by atoms with Crippen molar-refractivity contribution in [2.24, 2.45) is 17.6 Å². The zero-order valence-electron chi connectivity index (χ0n) is 9.30. The van der Waals surface area contributed by atoms with Crippen LogP contribution in [0.2, 0.25) is 0 Å². The van der Waals surface area contributed by atoms with E-state index in [0.717, 1.165) is 6.42 Å². The third-order valence-electron chi connectivity index (χ3n) is 2.07. The van der Waals surface area contributed by atoms with E-state index in [1.165, 1.54) is 0 Å². The Morgan fingerprint density at radius 2 is 2.00 bits per heavy atom. The summed E-state index contributed by atoms with van der Waals surface area (Å²) in [4.78, 5) is 11.2. The number of nitrogens with two attached hydrogens (primary N) is 1. The van der Waals surface area contributed by atoms with Gasteiger partial charge in [-0.15, -0.1) is 0 Å². The third-order valence-corrected chi connectivity index (χ3v) is 2.07. The molecule has 0 saturated carbocycles. The average Bonchev–Trinajstić information content (AvgIpc) is 2.13. The van der Waals surface area contributed by atoms with Gasteiger partial charge >= 0.3 is 0 Å². The van der Waals surface area contributed by atoms with Crippen molar-refractivity contribution in [2.45, 2.75) is 33.1 Å². The van der Waals surface area contributed by atoms with E-state index in [0.29, 0.717) is 12.5 Å². The van der Waals surface area contributed by atoms with Gasteiger partial charge in [0.05, 0.1) is 6.54 Å². The van der Waals surface area contributed by atoms with Crippen molar-refractivity contribution in [2.75, 3.05) is 13.1 Å². The van der Waals surface area contributed by atoms with Crippen molar-refractivity contribution in [1.82, 2.24) is 5.32 Å². The minimum absolute atomic E-state index is 0.0858. The third kappa shape index (κ3) is 8.30. The number of alkyl halides is 2. The molecule has 0 heterocycles. The molecule has 1 amide bonds. The number of nitrogens with one attached hydrogen (secondary N) is 1. The van der Waals surface area contributed by atoms with Crippen LogP contribution in [0.5, 0.6) is 0 Å². The second-order valence-electron chi connectivity index (χ2n) is 4.13. The smallest absolute Gasteiger partial charge is 0.255 e. The van der Waals surface area contributed by atoms with Crippen molar-refractivity contribution >= 4 is 5.91 Å². The highest BCUT2D eigenvalue weighted by Crippen LogP contribution is 2.13. The molecule has 0 aliphatic carbocycles. The fourth-order valence-electron chi connectivity index (χ4n) is 1.45. The number of carbonyl (C=O) groups is 1. The predicted molar refractivity (Wildman–Crippen MR) is 55.6 cm³/mol. The first kappa shape index (κ1) is 14.3. The maximum absolute atomic E-state index is 11.8. The molecule has 0 aromatic rings. The Labute approximate surface area is 89.4 Å². The van der Waals surface area contributed by atoms with Crippen molar-refractivity contribution in [1.29, 1.82) is 0 Å². The Morgan fingerprint density at radius 1 is 1.40 bits per heavy atom. The summed E-state index contributed by atoms with van der Waals surface area (Å²) >= 11 is 0. The molecular formula is C10H20F2N2O. The topological polar surface area (TPSA) is 55.1 Å². The summed E-state index contributed by atoms with van der Waals surface area (Å²) in [6.07, 6.45) is -1.41. The van der Waals surface area contributed by atoms with Crippen molar-refractivity contribution < 1.29 is 13.6 Å². The molecule has 0 aromatic carbocycles. The summed E-state index contributed by atoms with van der Waals surface area (Å²) in [7, 11) is 0. The van der Waals surface area contributed by atoms with E-state index in [1.54, 1.807) is 0 Å². The Kier molecular flexibility index (Phi) is 7.21. The molecule has 0 rings (SSSR count). The Bertz CT molecular complexity index is 186. The normalized spacial score (nSPS) is 13.3. The van der Waals surface area contributed by atoms with Crippen LogP contribution in [0.15, 0.2) is 0 Å². The van der Waals surface area contributed by atoms with Crippen LogP contribution >= 0.6 is 0 Å². The Morgan fingerprint density at radius 3 is 2.40 bits per heavy atom. The molecule has 0 saturated heterocycles. The standard InChI is InChI=1S/C10H20F2N2O/c1-7(2)3-8(5-13)4-10(15)14-6-9(11)12/h7-9H,3-6,13H2,1-2H3,(H,14,15)/t8-/m0/s1. The van der Waals surface area contributed by atoms with Gasteiger partial charge in [0, 0.05) is 6.42 Å². The lowest BCUT2D eigenvalue weighted by molar-refractivity contribution is -0.122. The van der Waals surface area contributed by atoms with Crippen LogP contribution in [-0.2, 0) is 4.79 Å². The first-order chi connectivity index (χ1) is 6.95. The van der Waals surface area contributed by atoms with E-state index in [2.05, 4.69) is 5.32 Å². The van der Waals surface area contributed by atoms with Crippen LogP contribution in [0.25, 0.3) is 0 Å². The number of carbonyl (C=O) groups excluding carboxylic acids is 1. The van der Waals surface area contributed by atoms with E-state index in [4.69, 9.17) is 5.73 Å². The fraction of sp³-hybridized carbons (Fsp3) is 0.900. The zero-order chi connectivity index (χ0) is 11.8. The van der Waals surface area contributed by atoms with Crippen LogP contribution in [0.1, 0.15) is 26.7 Å². The molecule has 0 unspecified atom stereocenters. The summed E-state index contributed by atoms with van der Waals surface area (Å²) in [6, 6.07) is 0. The van der Waals surface area contributed by atoms with E-state index in [-0.39, 0.29) is 18.2 Å². The van der Waals surface area contributed by atoms with E-state index in [1.807, 2.05) is 13.8 Å². The number of rotatable bonds is 7. The van der Waals surface area contributed by atoms with Crippen molar-refractivity contribution in [3.05, 3.63) is 0 Å². The maximum atomic E-state index is 11.8. The highest BCUT2D eigenvalue weighted by molar-refractivity contribution is 5.76. The summed E-state index contributed by atoms with van der Waals surface area (Å²) in [5.74, 6) is 0.204. The van der Waals surface area contributed by atoms with Gasteiger partial charge in [0.15, 0.2) is 0 Å². The number of hydrogen-bond acceptors (Lipinski definition) is 2. The summed E-state index contributed by atoms with van der Waals surface area (Å²) in [5.41, 5.74) is 5.50. The molecule has 0 spiro atoms. The van der Waals surface area contributed by atoms with Gasteiger partial charge in [-0.05, 0) is 24.8 Å². The van der Waals surface area contributed by atoms with Gasteiger partial charge in [-0.3, -0.25) is 4.79 Å². The van der Waals surface area contributed by atoms with Gasteiger partial charge in [0.25, 0.3) is 6.43 Å². The molecule has 1 atom stereocenters. The SMILES string of the molecule is CC(C)C[C@H](CN)CC(=O)NCC(F)F. The Balaban J connectivity index is 3.80. The Hall–Kier alpha value is -0.710. The lowest BCUT2D eigenvalue weighted by atomic mass is 9.94. The van der Waals surface area contributed by atoms with Crippen LogP contribution in [-0.4, -0.2) is 25.4 Å². The van der Waals surface area contributed by atoms with Crippen molar-refractivity contribution in [3.8, 4) is 0 Å². The quantitative estimate of drug-likeness (QED) is 0.683. The second-order valence-corrected chi connectivity index (χ2v) is 4.13. The first-order valence-corrected chi connectivity index (χ1v) is 5.20. The molecule has 3 N–H and O–H groups in total. The maximum Gasteiger partial charge on any atom is 0.255 e. The summed E-state index contributed by atoms with van der Waals surface area (Å²) in [6.45, 7) is 3.93. The predicted octanol–water partition coefficient (Wildman–Crippen LogP) is 1.38. The zero-order valence-corrected chi connectivity index (χ0v) is 9.30. The molecule has 0 aliphatic rings. The van der Waals surface area contributed by atoms with Gasteiger partial charge in [0.2, 0.25) is 5.91 Å². The van der Waals surface area contributed by atoms with E-state index in [9.17, 15) is 13.6 Å². The van der Waals surface area contributed by atoms with Gasteiger partial charge in [-0.2, -0.15) is 0 Å². The fourth-order valence-corrected chi connectivity index (χ4v) is 1.45. The molecule has 0 aromatic heterocycles. The molecule has 0 fully saturated rings. The minimum atomic E-state index is -2.49. The second kappa shape index (κ2) is 7.56. The van der Waals surface area contributed by atoms with E-state index >= 15 is 0 Å². The molecule has 0 radical (unpaired) electrons. The molecule has 15 heavy (non-hydrogen) atoms. The van der Waals surface area contributed by atoms with Gasteiger partial charge < -0.3 is 11.1 Å². The highest BCUT2D eigenvalue weighted by Gasteiger charge is 2.14. The lowest BCUT2D eigenvalue weighted by Gasteiger charge is -2.16. The number of halogens is 2. The minimum Gasteiger partial charge on any atom is -0.350 e. The van der Waals surface area contributed by atoms with Crippen LogP contribution in [0.3, 0.4) is 0 Å². The van der Waals surface area contributed by atoms with Crippen LogP contribution in [0, 0.1) is 11.8 Å². The average molecular weight is 222 g/mol. The lowest BCUT2D eigenvalue weighted by Crippen LogP contribution is -2.32. The van der Waals surface area contributed by atoms with Crippen LogP contribution < -0.4 is 11.1 Å². The summed E-state index contributed by atoms with van der Waals surface area (Å²) < 4.78 is 23.6. The van der Waals surface area contributed by atoms with Gasteiger partial charge in [0.1, 0.15) is 0 Å². The van der Waals surface area contributed by atoms with Gasteiger partial charge in [-0.25, -0.2) is 8.78 Å². The number of hydrogen-bond donors (Lipinski definition) is 2. The molecular weight excluding hydrogens is 202 g/mol. The molecule has 3 nitrogen and oxygen atoms in total. The largest absolute Gasteiger partial charge is 0.350 e. The van der Waals surface area contributed by atoms with Crippen molar-refractivity contribution in [3.63, 3.8) is 0 Å². The van der Waals surface area contributed by atoms with Crippen LogP contribution in [0.4, 0.5) is 8.78 Å². The molecule has 5 heteroatoms. The molecule has 0 bridgehead atoms. The first-order valence-electron chi connectivity index (χ1n) is 5.20.